The van der Waals surface area contributed by atoms with Crippen molar-refractivity contribution >= 4 is 23.4 Å². The normalized spacial score (nSPS) is 17.3. The van der Waals surface area contributed by atoms with E-state index in [1.165, 1.54) is 4.90 Å². The zero-order valence-corrected chi connectivity index (χ0v) is 20.0. The van der Waals surface area contributed by atoms with E-state index in [9.17, 15) is 14.4 Å². The minimum Gasteiger partial charge on any atom is -0.494 e. The van der Waals surface area contributed by atoms with Gasteiger partial charge < -0.3 is 19.1 Å². The van der Waals surface area contributed by atoms with E-state index in [0.717, 1.165) is 10.5 Å². The third kappa shape index (κ3) is 5.00. The van der Waals surface area contributed by atoms with Crippen molar-refractivity contribution in [2.75, 3.05) is 18.3 Å². The van der Waals surface area contributed by atoms with Gasteiger partial charge in [0.05, 0.1) is 18.7 Å². The molecule has 0 aromatic heterocycles. The molecule has 0 aliphatic carbocycles. The Bertz CT molecular complexity index is 1090. The highest BCUT2D eigenvalue weighted by Crippen LogP contribution is 2.34. The molecule has 0 spiro atoms. The van der Waals surface area contributed by atoms with Crippen LogP contribution in [0.1, 0.15) is 46.1 Å². The second-order valence-corrected chi connectivity index (χ2v) is 9.66. The summed E-state index contributed by atoms with van der Waals surface area (Å²) in [4.78, 5) is 42.4. The lowest BCUT2D eigenvalue weighted by Crippen LogP contribution is -2.46. The summed E-state index contributed by atoms with van der Waals surface area (Å²) in [7, 11) is 0. The Labute approximate surface area is 199 Å². The smallest absolute Gasteiger partial charge is 0.257 e. The Morgan fingerprint density at radius 1 is 1.09 bits per heavy atom. The zero-order valence-electron chi connectivity index (χ0n) is 20.0. The number of carbonyl (C=O) groups is 3. The number of amides is 3. The topological polar surface area (TPSA) is 85.4 Å². The van der Waals surface area contributed by atoms with E-state index in [-0.39, 0.29) is 43.4 Å². The van der Waals surface area contributed by atoms with Gasteiger partial charge in [0, 0.05) is 13.0 Å². The second-order valence-electron chi connectivity index (χ2n) is 9.66. The third-order valence-electron chi connectivity index (χ3n) is 5.70. The predicted molar refractivity (Wildman–Crippen MR) is 126 cm³/mol. The van der Waals surface area contributed by atoms with E-state index in [1.807, 2.05) is 39.8 Å². The Morgan fingerprint density at radius 3 is 2.47 bits per heavy atom. The number of ether oxygens (including phenoxy) is 3. The summed E-state index contributed by atoms with van der Waals surface area (Å²) in [6.45, 7) is 8.65. The Kier molecular flexibility index (Phi) is 6.50. The first kappa shape index (κ1) is 23.6. The first-order valence-electron chi connectivity index (χ1n) is 11.4. The van der Waals surface area contributed by atoms with Gasteiger partial charge in [0.1, 0.15) is 11.8 Å². The van der Waals surface area contributed by atoms with Gasteiger partial charge in [0.15, 0.2) is 11.5 Å². The fourth-order valence-electron chi connectivity index (χ4n) is 4.15. The maximum absolute atomic E-state index is 13.5. The molecule has 2 aliphatic rings. The summed E-state index contributed by atoms with van der Waals surface area (Å²) in [5.74, 6) is 0.989. The Morgan fingerprint density at radius 2 is 1.79 bits per heavy atom. The average Bonchev–Trinajstić information content (AvgIpc) is 3.35. The van der Waals surface area contributed by atoms with Crippen molar-refractivity contribution in [2.45, 2.75) is 53.1 Å². The fraction of sp³-hybridized carbons (Fsp3) is 0.423. The SMILES string of the molecule is CCOc1ccc(N2C(=O)CC(N(Cc3ccc4c(c3)OCO4)C(=O)CC(C)(C)C)C2=O)cc1. The number of fused-ring (bicyclic) bond motifs is 1. The minimum atomic E-state index is -0.876. The molecule has 3 amide bonds. The first-order chi connectivity index (χ1) is 16.2. The van der Waals surface area contributed by atoms with Crippen LogP contribution in [0.15, 0.2) is 42.5 Å². The number of carbonyl (C=O) groups excluding carboxylic acids is 3. The van der Waals surface area contributed by atoms with Gasteiger partial charge in [0.25, 0.3) is 5.91 Å². The van der Waals surface area contributed by atoms with E-state index in [1.54, 1.807) is 30.3 Å². The number of hydrogen-bond donors (Lipinski definition) is 0. The summed E-state index contributed by atoms with van der Waals surface area (Å²) in [5.41, 5.74) is 0.989. The molecule has 0 N–H and O–H groups in total. The van der Waals surface area contributed by atoms with E-state index in [0.29, 0.717) is 29.5 Å². The van der Waals surface area contributed by atoms with E-state index >= 15 is 0 Å². The molecular weight excluding hydrogens is 436 g/mol. The number of rotatable bonds is 7. The average molecular weight is 467 g/mol. The van der Waals surface area contributed by atoms with Gasteiger partial charge in [-0.3, -0.25) is 14.4 Å². The van der Waals surface area contributed by atoms with Crippen LogP contribution in [0.3, 0.4) is 0 Å². The van der Waals surface area contributed by atoms with Gasteiger partial charge >= 0.3 is 0 Å². The minimum absolute atomic E-state index is 0.0630. The molecule has 4 rings (SSSR count). The lowest BCUT2D eigenvalue weighted by atomic mass is 9.91. The fourth-order valence-corrected chi connectivity index (χ4v) is 4.15. The van der Waals surface area contributed by atoms with Gasteiger partial charge in [0.2, 0.25) is 18.6 Å². The van der Waals surface area contributed by atoms with Crippen molar-refractivity contribution in [3.05, 3.63) is 48.0 Å². The second kappa shape index (κ2) is 9.37. The third-order valence-corrected chi connectivity index (χ3v) is 5.70. The largest absolute Gasteiger partial charge is 0.494 e. The van der Waals surface area contributed by atoms with Crippen LogP contribution in [0.4, 0.5) is 5.69 Å². The molecule has 1 saturated heterocycles. The van der Waals surface area contributed by atoms with Crippen molar-refractivity contribution in [3.8, 4) is 17.2 Å². The molecule has 0 radical (unpaired) electrons. The Hall–Kier alpha value is -3.55. The zero-order chi connectivity index (χ0) is 24.5. The van der Waals surface area contributed by atoms with Crippen LogP contribution in [0.2, 0.25) is 0 Å². The summed E-state index contributed by atoms with van der Waals surface area (Å²) < 4.78 is 16.3. The molecule has 180 valence electrons. The summed E-state index contributed by atoms with van der Waals surface area (Å²) >= 11 is 0. The monoisotopic (exact) mass is 466 g/mol. The number of imide groups is 1. The molecule has 2 aromatic carbocycles. The van der Waals surface area contributed by atoms with Crippen molar-refractivity contribution in [3.63, 3.8) is 0 Å². The molecule has 2 aliphatic heterocycles. The molecule has 8 nitrogen and oxygen atoms in total. The first-order valence-corrected chi connectivity index (χ1v) is 11.4. The summed E-state index contributed by atoms with van der Waals surface area (Å²) in [6.07, 6.45) is 0.186. The predicted octanol–water partition coefficient (Wildman–Crippen LogP) is 3.91. The van der Waals surface area contributed by atoms with Crippen molar-refractivity contribution < 1.29 is 28.6 Å². The van der Waals surface area contributed by atoms with Gasteiger partial charge in [-0.2, -0.15) is 0 Å². The van der Waals surface area contributed by atoms with E-state index < -0.39 is 11.9 Å². The van der Waals surface area contributed by atoms with E-state index in [4.69, 9.17) is 14.2 Å². The summed E-state index contributed by atoms with van der Waals surface area (Å²) in [6, 6.07) is 11.4. The maximum Gasteiger partial charge on any atom is 0.257 e. The number of anilines is 1. The van der Waals surface area contributed by atoms with Crippen LogP contribution in [-0.4, -0.2) is 42.1 Å². The van der Waals surface area contributed by atoms with Crippen molar-refractivity contribution in [1.82, 2.24) is 4.90 Å². The van der Waals surface area contributed by atoms with Crippen molar-refractivity contribution in [1.29, 1.82) is 0 Å². The van der Waals surface area contributed by atoms with E-state index in [2.05, 4.69) is 0 Å². The molecule has 1 atom stereocenters. The lowest BCUT2D eigenvalue weighted by molar-refractivity contribution is -0.140. The molecule has 34 heavy (non-hydrogen) atoms. The highest BCUT2D eigenvalue weighted by molar-refractivity contribution is 6.23. The number of nitrogens with zero attached hydrogens (tertiary/aromatic N) is 2. The van der Waals surface area contributed by atoms with Gasteiger partial charge in [-0.05, 0) is 54.3 Å². The maximum atomic E-state index is 13.5. The van der Waals surface area contributed by atoms with Crippen LogP contribution >= 0.6 is 0 Å². The van der Waals surface area contributed by atoms with Crippen LogP contribution < -0.4 is 19.1 Å². The lowest BCUT2D eigenvalue weighted by Gasteiger charge is -2.30. The van der Waals surface area contributed by atoms with Gasteiger partial charge in [-0.15, -0.1) is 0 Å². The molecule has 0 bridgehead atoms. The van der Waals surface area contributed by atoms with Crippen LogP contribution in [0, 0.1) is 5.41 Å². The van der Waals surface area contributed by atoms with Crippen molar-refractivity contribution in [2.24, 2.45) is 5.41 Å². The van der Waals surface area contributed by atoms with Crippen LogP contribution in [-0.2, 0) is 20.9 Å². The molecule has 2 heterocycles. The molecule has 1 unspecified atom stereocenters. The molecular formula is C26H30N2O6. The highest BCUT2D eigenvalue weighted by atomic mass is 16.7. The molecule has 1 fully saturated rings. The van der Waals surface area contributed by atoms with Crippen LogP contribution in [0.5, 0.6) is 17.2 Å². The molecule has 0 saturated carbocycles. The number of benzene rings is 2. The quantitative estimate of drug-likeness (QED) is 0.575. The van der Waals surface area contributed by atoms with Gasteiger partial charge in [-0.25, -0.2) is 4.90 Å². The molecule has 8 heteroatoms. The van der Waals surface area contributed by atoms with Gasteiger partial charge in [-0.1, -0.05) is 26.8 Å². The number of hydrogen-bond acceptors (Lipinski definition) is 6. The van der Waals surface area contributed by atoms with Crippen LogP contribution in [0.25, 0.3) is 0 Å². The summed E-state index contributed by atoms with van der Waals surface area (Å²) in [5, 5.41) is 0. The Balaban J connectivity index is 1.60. The molecule has 2 aromatic rings. The standard InChI is InChI=1S/C26H30N2O6/c1-5-32-19-9-7-18(8-10-19)28-23(29)13-20(25(28)31)27(24(30)14-26(2,3)4)15-17-6-11-21-22(12-17)34-16-33-21/h6-12,20H,5,13-16H2,1-4H3. The highest BCUT2D eigenvalue weighted by Gasteiger charge is 2.44.